The number of fused-ring (bicyclic) bond motifs is 1. The van der Waals surface area contributed by atoms with Gasteiger partial charge in [-0.2, -0.15) is 0 Å². The Morgan fingerprint density at radius 1 is 1.03 bits per heavy atom. The summed E-state index contributed by atoms with van der Waals surface area (Å²) >= 11 is 3.73. The van der Waals surface area contributed by atoms with Gasteiger partial charge in [-0.3, -0.25) is 4.79 Å². The van der Waals surface area contributed by atoms with Crippen LogP contribution in [0.2, 0.25) is 18.1 Å². The van der Waals surface area contributed by atoms with Gasteiger partial charge in [0.25, 0.3) is 0 Å². The predicted molar refractivity (Wildman–Crippen MR) is 125 cm³/mol. The van der Waals surface area contributed by atoms with Crippen LogP contribution in [0.15, 0.2) is 59.4 Å². The van der Waals surface area contributed by atoms with Crippen molar-refractivity contribution in [3.63, 3.8) is 0 Å². The minimum Gasteiger partial charge on any atom is -0.487 e. The van der Waals surface area contributed by atoms with Crippen LogP contribution in [0.4, 0.5) is 0 Å². The van der Waals surface area contributed by atoms with E-state index in [-0.39, 0.29) is 15.6 Å². The second-order valence-corrected chi connectivity index (χ2v) is 14.3. The van der Waals surface area contributed by atoms with E-state index < -0.39 is 8.32 Å². The fourth-order valence-corrected chi connectivity index (χ4v) is 5.60. The van der Waals surface area contributed by atoms with E-state index in [9.17, 15) is 4.79 Å². The van der Waals surface area contributed by atoms with Crippen molar-refractivity contribution >= 4 is 35.2 Å². The van der Waals surface area contributed by atoms with Crippen molar-refractivity contribution in [2.45, 2.75) is 50.5 Å². The average molecular weight is 474 g/mol. The van der Waals surface area contributed by atoms with Crippen LogP contribution in [0.1, 0.15) is 36.9 Å². The molecule has 0 unspecified atom stereocenters. The van der Waals surface area contributed by atoms with E-state index in [0.717, 1.165) is 16.5 Å². The first kappa shape index (κ1) is 21.8. The van der Waals surface area contributed by atoms with E-state index in [2.05, 4.69) is 54.8 Å². The third-order valence-corrected chi connectivity index (χ3v) is 11.0. The summed E-state index contributed by atoms with van der Waals surface area (Å²) in [7, 11) is -1.97. The van der Waals surface area contributed by atoms with Gasteiger partial charge in [0.1, 0.15) is 17.4 Å². The summed E-state index contributed by atoms with van der Waals surface area (Å²) in [4.78, 5) is 14.9. The number of alkyl halides is 1. The number of aromatic nitrogens is 1. The Morgan fingerprint density at radius 3 is 2.38 bits per heavy atom. The maximum Gasteiger partial charge on any atom is 0.248 e. The van der Waals surface area contributed by atoms with E-state index in [1.54, 1.807) is 6.07 Å². The van der Waals surface area contributed by atoms with Crippen LogP contribution in [0.3, 0.4) is 0 Å². The highest BCUT2D eigenvalue weighted by Gasteiger charge is 2.39. The first-order chi connectivity index (χ1) is 13.6. The molecule has 1 aromatic heterocycles. The second kappa shape index (κ2) is 8.46. The van der Waals surface area contributed by atoms with Crippen LogP contribution in [0.5, 0.6) is 5.75 Å². The molecule has 1 N–H and O–H groups in total. The molecule has 1 atom stereocenters. The number of hydrogen-bond acceptors (Lipinski definition) is 3. The van der Waals surface area contributed by atoms with Gasteiger partial charge in [-0.25, -0.2) is 0 Å². The standard InChI is InChI=1S/C23H28BrNO3Si/c1-23(2,3)29(4,5)28-22(24)18-11-13-19(21-17(18)12-14-20(26)25-21)27-15-16-9-7-6-8-10-16/h6-14,22H,15H2,1-5H3,(H,25,26)/t22-/m0/s1. The zero-order chi connectivity index (χ0) is 21.2. The summed E-state index contributed by atoms with van der Waals surface area (Å²) in [6.07, 6.45) is 0. The maximum absolute atomic E-state index is 12.0. The van der Waals surface area contributed by atoms with Crippen molar-refractivity contribution in [2.75, 3.05) is 0 Å². The molecule has 4 nitrogen and oxygen atoms in total. The van der Waals surface area contributed by atoms with Crippen molar-refractivity contribution in [3.05, 3.63) is 76.1 Å². The summed E-state index contributed by atoms with van der Waals surface area (Å²) < 4.78 is 12.6. The molecule has 3 aromatic rings. The number of halogens is 1. The van der Waals surface area contributed by atoms with Crippen LogP contribution in [0, 0.1) is 0 Å². The monoisotopic (exact) mass is 473 g/mol. The largest absolute Gasteiger partial charge is 0.487 e. The van der Waals surface area contributed by atoms with Crippen LogP contribution < -0.4 is 10.3 Å². The smallest absolute Gasteiger partial charge is 0.248 e. The normalized spacial score (nSPS) is 13.4. The molecule has 154 valence electrons. The zero-order valence-corrected chi connectivity index (χ0v) is 20.2. The summed E-state index contributed by atoms with van der Waals surface area (Å²) in [5.74, 6) is 0.650. The van der Waals surface area contributed by atoms with Crippen LogP contribution >= 0.6 is 15.9 Å². The molecule has 0 fully saturated rings. The lowest BCUT2D eigenvalue weighted by molar-refractivity contribution is 0.273. The van der Waals surface area contributed by atoms with E-state index in [4.69, 9.17) is 9.16 Å². The molecular weight excluding hydrogens is 446 g/mol. The summed E-state index contributed by atoms with van der Waals surface area (Å²) in [5.41, 5.74) is 2.58. The fourth-order valence-electron chi connectivity index (χ4n) is 2.80. The molecule has 0 amide bonds. The Morgan fingerprint density at radius 2 is 1.72 bits per heavy atom. The third kappa shape index (κ3) is 5.00. The summed E-state index contributed by atoms with van der Waals surface area (Å²) in [5, 5.41) is 0.748. The Labute approximate surface area is 181 Å². The Hall–Kier alpha value is -1.89. The molecule has 0 aliphatic heterocycles. The molecule has 0 radical (unpaired) electrons. The SMILES string of the molecule is CC(C)(C)[Si](C)(C)O[C@H](Br)c1ccc(OCc2ccccc2)c2[nH]c(=O)ccc12. The molecule has 0 aliphatic rings. The highest BCUT2D eigenvalue weighted by Crippen LogP contribution is 2.43. The second-order valence-electron chi connectivity index (χ2n) is 8.73. The Kier molecular flexibility index (Phi) is 6.36. The quantitative estimate of drug-likeness (QED) is 0.327. The molecule has 6 heteroatoms. The topological polar surface area (TPSA) is 51.3 Å². The van der Waals surface area contributed by atoms with Gasteiger partial charge in [0.2, 0.25) is 5.56 Å². The van der Waals surface area contributed by atoms with Gasteiger partial charge >= 0.3 is 0 Å². The number of ether oxygens (including phenoxy) is 1. The van der Waals surface area contributed by atoms with E-state index in [0.29, 0.717) is 17.9 Å². The van der Waals surface area contributed by atoms with Gasteiger partial charge in [-0.1, -0.05) is 73.1 Å². The average Bonchev–Trinajstić information content (AvgIpc) is 2.65. The lowest BCUT2D eigenvalue weighted by Gasteiger charge is -2.38. The predicted octanol–water partition coefficient (Wildman–Crippen LogP) is 6.52. The van der Waals surface area contributed by atoms with Crippen LogP contribution in [-0.2, 0) is 11.0 Å². The van der Waals surface area contributed by atoms with Gasteiger partial charge in [0.15, 0.2) is 8.32 Å². The van der Waals surface area contributed by atoms with Crippen molar-refractivity contribution < 1.29 is 9.16 Å². The van der Waals surface area contributed by atoms with Crippen LogP contribution in [-0.4, -0.2) is 13.3 Å². The third-order valence-electron chi connectivity index (χ3n) is 5.58. The number of rotatable bonds is 6. The van der Waals surface area contributed by atoms with Crippen molar-refractivity contribution in [2.24, 2.45) is 0 Å². The highest BCUT2D eigenvalue weighted by molar-refractivity contribution is 9.09. The molecule has 0 bridgehead atoms. The van der Waals surface area contributed by atoms with Gasteiger partial charge in [0, 0.05) is 17.0 Å². The van der Waals surface area contributed by atoms with Gasteiger partial charge in [-0.15, -0.1) is 0 Å². The lowest BCUT2D eigenvalue weighted by atomic mass is 10.1. The van der Waals surface area contributed by atoms with E-state index >= 15 is 0 Å². The van der Waals surface area contributed by atoms with Crippen LogP contribution in [0.25, 0.3) is 10.9 Å². The summed E-state index contributed by atoms with van der Waals surface area (Å²) in [6, 6.07) is 17.3. The minimum atomic E-state index is -1.97. The maximum atomic E-state index is 12.0. The Balaban J connectivity index is 1.95. The molecule has 0 aliphatic carbocycles. The zero-order valence-electron chi connectivity index (χ0n) is 17.6. The molecule has 29 heavy (non-hydrogen) atoms. The van der Waals surface area contributed by atoms with Crippen molar-refractivity contribution in [1.82, 2.24) is 4.98 Å². The van der Waals surface area contributed by atoms with E-state index in [1.165, 1.54) is 0 Å². The number of nitrogens with one attached hydrogen (secondary N) is 1. The molecule has 0 spiro atoms. The molecule has 1 heterocycles. The lowest BCUT2D eigenvalue weighted by Crippen LogP contribution is -2.41. The van der Waals surface area contributed by atoms with E-state index in [1.807, 2.05) is 48.5 Å². The molecule has 3 rings (SSSR count). The molecule has 0 saturated heterocycles. The number of pyridine rings is 1. The van der Waals surface area contributed by atoms with Crippen molar-refractivity contribution in [3.8, 4) is 5.75 Å². The molecular formula is C23H28BrNO3Si. The highest BCUT2D eigenvalue weighted by atomic mass is 79.9. The fraction of sp³-hybridized carbons (Fsp3) is 0.348. The molecule has 2 aromatic carbocycles. The first-order valence-electron chi connectivity index (χ1n) is 9.73. The number of benzene rings is 2. The number of H-pyrrole nitrogens is 1. The number of hydrogen-bond donors (Lipinski definition) is 1. The summed E-state index contributed by atoms with van der Waals surface area (Å²) in [6.45, 7) is 11.5. The first-order valence-corrected chi connectivity index (χ1v) is 13.6. The Bertz CT molecular complexity index is 1040. The van der Waals surface area contributed by atoms with Crippen molar-refractivity contribution in [1.29, 1.82) is 0 Å². The minimum absolute atomic E-state index is 0.0991. The van der Waals surface area contributed by atoms with Gasteiger partial charge in [0.05, 0.1) is 5.52 Å². The molecule has 0 saturated carbocycles. The van der Waals surface area contributed by atoms with Gasteiger partial charge < -0.3 is 14.1 Å². The number of aromatic amines is 1. The van der Waals surface area contributed by atoms with Gasteiger partial charge in [-0.05, 0) is 35.8 Å².